The molecule has 1 aliphatic rings. The summed E-state index contributed by atoms with van der Waals surface area (Å²) >= 11 is 0. The molecule has 1 aliphatic carbocycles. The van der Waals surface area contributed by atoms with Gasteiger partial charge in [0.2, 0.25) is 0 Å². The molecule has 8 rings (SSSR count). The van der Waals surface area contributed by atoms with Crippen LogP contribution in [0.15, 0.2) is 152 Å². The van der Waals surface area contributed by atoms with Crippen molar-refractivity contribution in [3.63, 3.8) is 0 Å². The summed E-state index contributed by atoms with van der Waals surface area (Å²) in [6.07, 6.45) is 0. The third-order valence-corrected chi connectivity index (χ3v) is 8.80. The van der Waals surface area contributed by atoms with Crippen molar-refractivity contribution in [2.45, 2.75) is 19.3 Å². The average Bonchev–Trinajstić information content (AvgIpc) is 3.56. The van der Waals surface area contributed by atoms with Gasteiger partial charge in [-0.25, -0.2) is 4.98 Å². The van der Waals surface area contributed by atoms with E-state index in [4.69, 9.17) is 4.98 Å². The highest BCUT2D eigenvalue weighted by atomic mass is 15.1. The number of aromatic nitrogens is 2. The summed E-state index contributed by atoms with van der Waals surface area (Å²) in [5.74, 6) is 0.933. The highest BCUT2D eigenvalue weighted by Gasteiger charge is 2.35. The van der Waals surface area contributed by atoms with Gasteiger partial charge in [0.25, 0.3) is 0 Å². The molecule has 0 fully saturated rings. The van der Waals surface area contributed by atoms with Gasteiger partial charge in [-0.3, -0.25) is 4.57 Å². The van der Waals surface area contributed by atoms with E-state index < -0.39 is 0 Å². The Balaban J connectivity index is 1.25. The lowest BCUT2D eigenvalue weighted by atomic mass is 9.82. The number of benzene rings is 6. The van der Waals surface area contributed by atoms with Gasteiger partial charge in [0.05, 0.1) is 11.0 Å². The van der Waals surface area contributed by atoms with Crippen molar-refractivity contribution < 1.29 is 0 Å². The molecule has 3 nitrogen and oxygen atoms in total. The minimum Gasteiger partial charge on any atom is -0.310 e. The second-order valence-electron chi connectivity index (χ2n) is 11.7. The minimum atomic E-state index is -0.0648. The van der Waals surface area contributed by atoms with Crippen molar-refractivity contribution in [3.8, 4) is 28.2 Å². The van der Waals surface area contributed by atoms with Crippen molar-refractivity contribution in [3.05, 3.63) is 163 Å². The van der Waals surface area contributed by atoms with E-state index >= 15 is 0 Å². The van der Waals surface area contributed by atoms with E-state index in [1.54, 1.807) is 0 Å². The van der Waals surface area contributed by atoms with Crippen LogP contribution in [0.4, 0.5) is 17.1 Å². The maximum Gasteiger partial charge on any atom is 0.145 e. The van der Waals surface area contributed by atoms with Gasteiger partial charge >= 0.3 is 0 Å². The molecule has 0 amide bonds. The largest absolute Gasteiger partial charge is 0.310 e. The fourth-order valence-electron chi connectivity index (χ4n) is 6.67. The number of anilines is 3. The van der Waals surface area contributed by atoms with Crippen LogP contribution in [-0.2, 0) is 5.41 Å². The Kier molecular flexibility index (Phi) is 5.80. The minimum absolute atomic E-state index is 0.0648. The SMILES string of the molecule is CC1(C)c2ccccc2-c2ccc(N(c3ccccc3)c3ccc(-c4nc5ccccc5n4-c4ccccc4)cc3)cc21. The maximum absolute atomic E-state index is 5.07. The van der Waals surface area contributed by atoms with Gasteiger partial charge in [-0.15, -0.1) is 0 Å². The predicted octanol–water partition coefficient (Wildman–Crippen LogP) is 10.5. The number of hydrogen-bond donors (Lipinski definition) is 0. The van der Waals surface area contributed by atoms with Crippen molar-refractivity contribution >= 4 is 28.1 Å². The predicted molar refractivity (Wildman–Crippen MR) is 179 cm³/mol. The first-order valence-electron chi connectivity index (χ1n) is 14.8. The highest BCUT2D eigenvalue weighted by molar-refractivity contribution is 5.87. The average molecular weight is 554 g/mol. The van der Waals surface area contributed by atoms with Crippen LogP contribution < -0.4 is 4.90 Å². The van der Waals surface area contributed by atoms with Gasteiger partial charge in [0.15, 0.2) is 0 Å². The van der Waals surface area contributed by atoms with Crippen LogP contribution in [0.2, 0.25) is 0 Å². The number of para-hydroxylation sites is 4. The molecule has 6 aromatic carbocycles. The molecule has 0 atom stereocenters. The molecular formula is C40H31N3. The van der Waals surface area contributed by atoms with E-state index in [0.717, 1.165) is 45.2 Å². The second-order valence-corrected chi connectivity index (χ2v) is 11.7. The Labute approximate surface area is 252 Å². The van der Waals surface area contributed by atoms with Gasteiger partial charge in [-0.1, -0.05) is 92.7 Å². The normalized spacial score (nSPS) is 13.1. The van der Waals surface area contributed by atoms with E-state index in [-0.39, 0.29) is 5.41 Å². The molecule has 0 aliphatic heterocycles. The maximum atomic E-state index is 5.07. The fraction of sp³-hybridized carbons (Fsp3) is 0.0750. The summed E-state index contributed by atoms with van der Waals surface area (Å²) < 4.78 is 2.25. The molecule has 0 radical (unpaired) electrons. The molecule has 7 aromatic rings. The summed E-state index contributed by atoms with van der Waals surface area (Å²) in [4.78, 5) is 7.42. The Morgan fingerprint density at radius 3 is 1.93 bits per heavy atom. The van der Waals surface area contributed by atoms with Gasteiger partial charge in [-0.05, 0) is 95.1 Å². The third-order valence-electron chi connectivity index (χ3n) is 8.80. The molecule has 0 bridgehead atoms. The van der Waals surface area contributed by atoms with Crippen molar-refractivity contribution in [2.24, 2.45) is 0 Å². The third kappa shape index (κ3) is 4.08. The second kappa shape index (κ2) is 9.85. The molecule has 0 unspecified atom stereocenters. The van der Waals surface area contributed by atoms with Crippen LogP contribution in [0.3, 0.4) is 0 Å². The summed E-state index contributed by atoms with van der Waals surface area (Å²) in [6, 6.07) is 54.0. The van der Waals surface area contributed by atoms with Gasteiger partial charge in [0, 0.05) is 33.7 Å². The Bertz CT molecular complexity index is 2090. The van der Waals surface area contributed by atoms with E-state index in [1.807, 2.05) is 12.1 Å². The highest BCUT2D eigenvalue weighted by Crippen LogP contribution is 2.50. The van der Waals surface area contributed by atoms with Gasteiger partial charge in [0.1, 0.15) is 5.82 Å². The van der Waals surface area contributed by atoms with Crippen LogP contribution in [0.25, 0.3) is 39.2 Å². The van der Waals surface area contributed by atoms with E-state index in [2.05, 4.69) is 163 Å². The Morgan fingerprint density at radius 2 is 1.14 bits per heavy atom. The summed E-state index contributed by atoms with van der Waals surface area (Å²) in [7, 11) is 0. The Morgan fingerprint density at radius 1 is 0.535 bits per heavy atom. The number of imidazole rings is 1. The molecule has 0 saturated carbocycles. The zero-order chi connectivity index (χ0) is 29.0. The fourth-order valence-corrected chi connectivity index (χ4v) is 6.67. The van der Waals surface area contributed by atoms with Gasteiger partial charge < -0.3 is 4.90 Å². The number of rotatable bonds is 5. The molecule has 3 heteroatoms. The molecule has 1 aromatic heterocycles. The van der Waals surface area contributed by atoms with E-state index in [9.17, 15) is 0 Å². The smallest absolute Gasteiger partial charge is 0.145 e. The molecule has 0 saturated heterocycles. The molecule has 206 valence electrons. The molecular weight excluding hydrogens is 522 g/mol. The Hall–Kier alpha value is -5.41. The standard InChI is InChI=1S/C40H31N3/c1-40(2)35-18-10-9-17-33(35)34-26-25-32(27-36(34)40)42(29-13-5-3-6-14-29)31-23-21-28(22-24-31)39-41-37-19-11-12-20-38(37)43(39)30-15-7-4-8-16-30/h3-27H,1-2H3. The molecule has 0 spiro atoms. The van der Waals surface area contributed by atoms with Crippen LogP contribution in [0.1, 0.15) is 25.0 Å². The molecule has 43 heavy (non-hydrogen) atoms. The first-order valence-corrected chi connectivity index (χ1v) is 14.8. The first-order chi connectivity index (χ1) is 21.1. The van der Waals surface area contributed by atoms with Crippen LogP contribution in [0, 0.1) is 0 Å². The lowest BCUT2D eigenvalue weighted by Crippen LogP contribution is -2.16. The van der Waals surface area contributed by atoms with Crippen LogP contribution in [-0.4, -0.2) is 9.55 Å². The summed E-state index contributed by atoms with van der Waals surface area (Å²) in [5, 5.41) is 0. The monoisotopic (exact) mass is 553 g/mol. The summed E-state index contributed by atoms with van der Waals surface area (Å²) in [5.41, 5.74) is 13.0. The number of nitrogens with zero attached hydrogens (tertiary/aromatic N) is 3. The molecule has 1 heterocycles. The van der Waals surface area contributed by atoms with Crippen molar-refractivity contribution in [1.29, 1.82) is 0 Å². The van der Waals surface area contributed by atoms with Crippen LogP contribution in [0.5, 0.6) is 0 Å². The number of hydrogen-bond acceptors (Lipinski definition) is 2. The topological polar surface area (TPSA) is 21.1 Å². The zero-order valence-corrected chi connectivity index (χ0v) is 24.3. The quantitative estimate of drug-likeness (QED) is 0.211. The van der Waals surface area contributed by atoms with E-state index in [1.165, 1.54) is 22.3 Å². The van der Waals surface area contributed by atoms with E-state index in [0.29, 0.717) is 0 Å². The van der Waals surface area contributed by atoms with Crippen LogP contribution >= 0.6 is 0 Å². The van der Waals surface area contributed by atoms with Crippen molar-refractivity contribution in [2.75, 3.05) is 4.90 Å². The lowest BCUT2D eigenvalue weighted by Gasteiger charge is -2.28. The van der Waals surface area contributed by atoms with Crippen molar-refractivity contribution in [1.82, 2.24) is 9.55 Å². The molecule has 0 N–H and O–H groups in total. The zero-order valence-electron chi connectivity index (χ0n) is 24.3. The van der Waals surface area contributed by atoms with Gasteiger partial charge in [-0.2, -0.15) is 0 Å². The number of fused-ring (bicyclic) bond motifs is 4. The summed E-state index contributed by atoms with van der Waals surface area (Å²) in [6.45, 7) is 4.67. The first kappa shape index (κ1) is 25.3. The lowest BCUT2D eigenvalue weighted by molar-refractivity contribution is 0.660.